The molecule has 0 bridgehead atoms. The molecule has 1 fully saturated rings. The highest BCUT2D eigenvalue weighted by atomic mass is 19.3. The maximum Gasteiger partial charge on any atom is 0.266 e. The lowest BCUT2D eigenvalue weighted by molar-refractivity contribution is -0.149. The topological polar surface area (TPSA) is 89.3 Å². The summed E-state index contributed by atoms with van der Waals surface area (Å²) < 4.78 is 48.8. The number of rotatable bonds is 6. The third-order valence-corrected chi connectivity index (χ3v) is 7.57. The van der Waals surface area contributed by atoms with Gasteiger partial charge in [-0.25, -0.2) is 23.1 Å². The Morgan fingerprint density at radius 1 is 1.21 bits per heavy atom. The van der Waals surface area contributed by atoms with Gasteiger partial charge in [0.15, 0.2) is 0 Å². The van der Waals surface area contributed by atoms with Crippen LogP contribution in [-0.2, 0) is 22.2 Å². The number of fused-ring (bicyclic) bond motifs is 1. The van der Waals surface area contributed by atoms with Crippen LogP contribution in [0, 0.1) is 5.82 Å². The summed E-state index contributed by atoms with van der Waals surface area (Å²) in [7, 11) is 3.14. The molecule has 204 valence electrons. The highest BCUT2D eigenvalue weighted by molar-refractivity contribution is 5.87. The lowest BCUT2D eigenvalue weighted by Gasteiger charge is -2.50. The average molecular weight is 532 g/mol. The second kappa shape index (κ2) is 10.0. The van der Waals surface area contributed by atoms with Gasteiger partial charge >= 0.3 is 0 Å². The van der Waals surface area contributed by atoms with E-state index in [1.807, 2.05) is 13.8 Å². The molecule has 1 aliphatic rings. The predicted octanol–water partition coefficient (Wildman–Crippen LogP) is 4.84. The zero-order chi connectivity index (χ0) is 28.0. The number of anilines is 1. The number of nitrogens with zero attached hydrogens (tertiary/aromatic N) is 4. The number of carbonyl (C=O) groups excluding carboxylic acids is 1. The van der Waals surface area contributed by atoms with Crippen LogP contribution in [0.15, 0.2) is 35.4 Å². The smallest absolute Gasteiger partial charge is 0.266 e. The second-order valence-electron chi connectivity index (χ2n) is 10.4. The summed E-state index contributed by atoms with van der Waals surface area (Å²) in [6.45, 7) is 7.44. The number of aryl methyl sites for hydroxylation is 1. The molecule has 2 atom stereocenters. The third-order valence-electron chi connectivity index (χ3n) is 7.57. The first-order chi connectivity index (χ1) is 17.8. The molecule has 3 heterocycles. The number of benzene rings is 1. The molecule has 0 radical (unpaired) electrons. The van der Waals surface area contributed by atoms with Crippen molar-refractivity contribution in [1.29, 1.82) is 0 Å². The van der Waals surface area contributed by atoms with Gasteiger partial charge in [0.1, 0.15) is 29.2 Å². The number of aromatic nitrogens is 3. The lowest BCUT2D eigenvalue weighted by Crippen LogP contribution is -2.58. The molecule has 1 amide bonds. The van der Waals surface area contributed by atoms with Crippen LogP contribution in [0.25, 0.3) is 11.0 Å². The number of likely N-dealkylation sites (tertiary alicyclic amines) is 1. The van der Waals surface area contributed by atoms with Gasteiger partial charge in [0.25, 0.3) is 12.0 Å². The van der Waals surface area contributed by atoms with E-state index in [1.165, 1.54) is 30.0 Å². The predicted molar refractivity (Wildman–Crippen MR) is 138 cm³/mol. The Morgan fingerprint density at radius 3 is 2.50 bits per heavy atom. The monoisotopic (exact) mass is 531 g/mol. The molecule has 0 saturated carbocycles. The molecule has 0 spiro atoms. The summed E-state index contributed by atoms with van der Waals surface area (Å²) in [5, 5.41) is 3.60. The van der Waals surface area contributed by atoms with Crippen LogP contribution in [0.1, 0.15) is 69.7 Å². The van der Waals surface area contributed by atoms with Crippen molar-refractivity contribution in [2.45, 2.75) is 64.1 Å². The summed E-state index contributed by atoms with van der Waals surface area (Å²) >= 11 is 0. The Balaban J connectivity index is 1.81. The highest BCUT2D eigenvalue weighted by Gasteiger charge is 2.48. The van der Waals surface area contributed by atoms with Crippen molar-refractivity contribution >= 4 is 22.8 Å². The lowest BCUT2D eigenvalue weighted by atomic mass is 9.75. The molecular formula is C27H32F3N5O3. The Hall–Kier alpha value is -3.47. The first-order valence-corrected chi connectivity index (χ1v) is 12.3. The number of methoxy groups -OCH3 is 1. The number of hydrogen-bond donors (Lipinski definition) is 1. The Labute approximate surface area is 218 Å². The first kappa shape index (κ1) is 27.6. The fourth-order valence-electron chi connectivity index (χ4n) is 5.64. The van der Waals surface area contributed by atoms with Gasteiger partial charge in [-0.15, -0.1) is 0 Å². The Morgan fingerprint density at radius 2 is 1.89 bits per heavy atom. The van der Waals surface area contributed by atoms with Crippen molar-refractivity contribution in [1.82, 2.24) is 19.4 Å². The molecule has 1 N–H and O–H groups in total. The van der Waals surface area contributed by atoms with E-state index in [0.29, 0.717) is 41.8 Å². The van der Waals surface area contributed by atoms with Crippen LogP contribution in [0.2, 0.25) is 0 Å². The molecule has 4 rings (SSSR count). The molecule has 0 unspecified atom stereocenters. The number of nitrogens with one attached hydrogen (secondary N) is 1. The summed E-state index contributed by atoms with van der Waals surface area (Å²) in [5.41, 5.74) is -1.72. The average Bonchev–Trinajstić information content (AvgIpc) is 2.85. The van der Waals surface area contributed by atoms with E-state index < -0.39 is 35.0 Å². The van der Waals surface area contributed by atoms with E-state index in [9.17, 15) is 22.8 Å². The number of amides is 1. The molecule has 11 heteroatoms. The van der Waals surface area contributed by atoms with Crippen molar-refractivity contribution in [2.75, 3.05) is 19.0 Å². The largest absolute Gasteiger partial charge is 0.373 e. The number of alkyl halides is 2. The van der Waals surface area contributed by atoms with E-state index in [1.54, 1.807) is 32.0 Å². The molecule has 1 aliphatic heterocycles. The summed E-state index contributed by atoms with van der Waals surface area (Å²) in [5.74, 6) is -0.720. The van der Waals surface area contributed by atoms with Gasteiger partial charge in [0.2, 0.25) is 5.91 Å². The van der Waals surface area contributed by atoms with Crippen molar-refractivity contribution in [2.24, 2.45) is 7.05 Å². The first-order valence-electron chi connectivity index (χ1n) is 12.3. The number of hydrogen-bond acceptors (Lipinski definition) is 6. The summed E-state index contributed by atoms with van der Waals surface area (Å²) in [6, 6.07) is 4.84. The molecule has 38 heavy (non-hydrogen) atoms. The number of piperidine rings is 1. The van der Waals surface area contributed by atoms with Crippen LogP contribution in [0.4, 0.5) is 19.0 Å². The molecule has 8 nitrogen and oxygen atoms in total. The van der Waals surface area contributed by atoms with Crippen molar-refractivity contribution in [3.8, 4) is 0 Å². The molecule has 1 aromatic carbocycles. The molecule has 0 aliphatic carbocycles. The zero-order valence-corrected chi connectivity index (χ0v) is 22.3. The summed E-state index contributed by atoms with van der Waals surface area (Å²) in [4.78, 5) is 36.2. The van der Waals surface area contributed by atoms with Gasteiger partial charge in [-0.1, -0.05) is 18.2 Å². The normalized spacial score (nSPS) is 20.1. The van der Waals surface area contributed by atoms with Crippen molar-refractivity contribution in [3.63, 3.8) is 0 Å². The number of pyridine rings is 1. The molecule has 1 saturated heterocycles. The third kappa shape index (κ3) is 4.63. The van der Waals surface area contributed by atoms with Crippen LogP contribution < -0.4 is 10.9 Å². The summed E-state index contributed by atoms with van der Waals surface area (Å²) in [6.07, 6.45) is -0.868. The maximum absolute atomic E-state index is 14.8. The van der Waals surface area contributed by atoms with E-state index in [0.717, 1.165) is 6.07 Å². The fraction of sp³-hybridized carbons (Fsp3) is 0.481. The zero-order valence-electron chi connectivity index (χ0n) is 22.3. The molecular weight excluding hydrogens is 499 g/mol. The van der Waals surface area contributed by atoms with Crippen LogP contribution in [0.5, 0.6) is 0 Å². The minimum Gasteiger partial charge on any atom is -0.373 e. The van der Waals surface area contributed by atoms with Gasteiger partial charge in [0.05, 0.1) is 22.6 Å². The minimum absolute atomic E-state index is 0.0527. The van der Waals surface area contributed by atoms with E-state index in [-0.39, 0.29) is 17.0 Å². The van der Waals surface area contributed by atoms with Gasteiger partial charge in [-0.3, -0.25) is 14.2 Å². The van der Waals surface area contributed by atoms with Crippen molar-refractivity contribution < 1.29 is 22.7 Å². The Bertz CT molecular complexity index is 1440. The number of ether oxygens (including phenoxy) is 1. The maximum atomic E-state index is 14.8. The van der Waals surface area contributed by atoms with Gasteiger partial charge < -0.3 is 15.0 Å². The molecule has 2 aromatic heterocycles. The van der Waals surface area contributed by atoms with Crippen LogP contribution in [0.3, 0.4) is 0 Å². The number of carbonyl (C=O) groups is 1. The van der Waals surface area contributed by atoms with E-state index >= 15 is 0 Å². The molecule has 3 aromatic rings. The van der Waals surface area contributed by atoms with Crippen molar-refractivity contribution in [3.05, 3.63) is 63.5 Å². The quantitative estimate of drug-likeness (QED) is 0.490. The number of halogens is 3. The van der Waals surface area contributed by atoms with Gasteiger partial charge in [-0.2, -0.15) is 0 Å². The minimum atomic E-state index is -2.94. The fourth-order valence-corrected chi connectivity index (χ4v) is 5.64. The van der Waals surface area contributed by atoms with Crippen LogP contribution in [-0.4, -0.2) is 44.5 Å². The second-order valence-corrected chi connectivity index (χ2v) is 10.4. The van der Waals surface area contributed by atoms with Crippen LogP contribution >= 0.6 is 0 Å². The van der Waals surface area contributed by atoms with E-state index in [2.05, 4.69) is 15.3 Å². The van der Waals surface area contributed by atoms with Gasteiger partial charge in [0, 0.05) is 45.1 Å². The van der Waals surface area contributed by atoms with E-state index in [4.69, 9.17) is 4.74 Å². The highest BCUT2D eigenvalue weighted by Crippen LogP contribution is 2.43. The Kier molecular flexibility index (Phi) is 7.26. The SMILES string of the molecule is CO[C@@]1(c2cc3c(N[C@H](C)c4cccc(C(F)F)c4F)ncnc3n(C)c2=O)CCN(C(C)=O)C(C)(C)C1. The standard InChI is InChI=1S/C27H32F3N5O3/c1-15(17-8-7-9-18(21(17)28)22(29)30)33-23-19-12-20(25(37)34(5)24(19)32-14-31-23)27(38-6)10-11-35(16(2)36)26(3,4)13-27/h7-9,12,14-15,22H,10-11,13H2,1-6H3,(H,31,32,33)/t15-,27+/m1/s1. The van der Waals surface area contributed by atoms with Gasteiger partial charge in [-0.05, 0) is 33.3 Å².